The Kier molecular flexibility index (Phi) is 4.98. The maximum absolute atomic E-state index is 12.2. The van der Waals surface area contributed by atoms with Gasteiger partial charge in [0.1, 0.15) is 0 Å². The van der Waals surface area contributed by atoms with Crippen molar-refractivity contribution < 1.29 is 24.2 Å². The highest BCUT2D eigenvalue weighted by molar-refractivity contribution is 8.00. The second kappa shape index (κ2) is 6.73. The van der Waals surface area contributed by atoms with Crippen molar-refractivity contribution in [1.29, 1.82) is 0 Å². The van der Waals surface area contributed by atoms with Crippen LogP contribution in [0.2, 0.25) is 0 Å². The molecule has 21 heavy (non-hydrogen) atoms. The Morgan fingerprint density at radius 1 is 1.43 bits per heavy atom. The second-order valence-corrected chi connectivity index (χ2v) is 5.73. The molecule has 0 aliphatic carbocycles. The fourth-order valence-electron chi connectivity index (χ4n) is 2.06. The Morgan fingerprint density at radius 3 is 2.81 bits per heavy atom. The number of hydrogen-bond acceptors (Lipinski definition) is 5. The van der Waals surface area contributed by atoms with Gasteiger partial charge < -0.3 is 9.84 Å². The van der Waals surface area contributed by atoms with E-state index in [9.17, 15) is 14.4 Å². The van der Waals surface area contributed by atoms with Gasteiger partial charge in [-0.3, -0.25) is 14.5 Å². The van der Waals surface area contributed by atoms with Crippen LogP contribution in [0.25, 0.3) is 0 Å². The summed E-state index contributed by atoms with van der Waals surface area (Å²) in [6.07, 6.45) is 0.0845. The molecule has 1 heterocycles. The average Bonchev–Trinajstić information content (AvgIpc) is 2.72. The summed E-state index contributed by atoms with van der Waals surface area (Å²) in [4.78, 5) is 36.8. The molecule has 1 aliphatic heterocycles. The van der Waals surface area contributed by atoms with Crippen molar-refractivity contribution in [3.05, 3.63) is 29.8 Å². The number of carbonyl (C=O) groups excluding carboxylic acids is 2. The lowest BCUT2D eigenvalue weighted by molar-refractivity contribution is -0.138. The number of benzene rings is 1. The van der Waals surface area contributed by atoms with Crippen LogP contribution in [0.4, 0.5) is 0 Å². The minimum atomic E-state index is -1.05. The predicted octanol–water partition coefficient (Wildman–Crippen LogP) is 1.25. The van der Waals surface area contributed by atoms with Crippen molar-refractivity contribution in [3.8, 4) is 0 Å². The number of rotatable bonds is 6. The van der Waals surface area contributed by atoms with Crippen LogP contribution >= 0.6 is 11.8 Å². The normalized spacial score (nSPS) is 18.3. The van der Waals surface area contributed by atoms with Crippen molar-refractivity contribution in [2.24, 2.45) is 0 Å². The third kappa shape index (κ3) is 3.43. The summed E-state index contributed by atoms with van der Waals surface area (Å²) in [7, 11) is 1.50. The zero-order valence-corrected chi connectivity index (χ0v) is 12.3. The van der Waals surface area contributed by atoms with Crippen molar-refractivity contribution in [2.45, 2.75) is 16.6 Å². The van der Waals surface area contributed by atoms with Gasteiger partial charge in [-0.25, -0.2) is 4.79 Å². The number of hydrogen-bond donors (Lipinski definition) is 1. The molecule has 0 unspecified atom stereocenters. The number of likely N-dealkylation sites (tertiary alicyclic amines) is 1. The lowest BCUT2D eigenvalue weighted by Crippen LogP contribution is -2.34. The van der Waals surface area contributed by atoms with E-state index in [-0.39, 0.29) is 30.3 Å². The van der Waals surface area contributed by atoms with Gasteiger partial charge in [-0.15, -0.1) is 11.8 Å². The Hall–Kier alpha value is -1.86. The molecule has 0 spiro atoms. The van der Waals surface area contributed by atoms with Gasteiger partial charge in [0.25, 0.3) is 0 Å². The van der Waals surface area contributed by atoms with Crippen LogP contribution in [0.1, 0.15) is 16.8 Å². The van der Waals surface area contributed by atoms with E-state index < -0.39 is 11.2 Å². The first-order chi connectivity index (χ1) is 10.0. The number of amides is 2. The predicted molar refractivity (Wildman–Crippen MR) is 76.3 cm³/mol. The molecule has 1 atom stereocenters. The molecule has 0 bridgehead atoms. The molecule has 112 valence electrons. The number of imide groups is 1. The number of nitrogens with zero attached hydrogens (tertiary/aromatic N) is 1. The van der Waals surface area contributed by atoms with E-state index in [1.807, 2.05) is 0 Å². The van der Waals surface area contributed by atoms with Gasteiger partial charge in [0, 0.05) is 18.4 Å². The van der Waals surface area contributed by atoms with E-state index in [4.69, 9.17) is 9.84 Å². The van der Waals surface area contributed by atoms with E-state index in [0.29, 0.717) is 11.5 Å². The number of aromatic carboxylic acids is 1. The molecular weight excluding hydrogens is 294 g/mol. The van der Waals surface area contributed by atoms with E-state index >= 15 is 0 Å². The Balaban J connectivity index is 2.13. The summed E-state index contributed by atoms with van der Waals surface area (Å²) >= 11 is 1.12. The second-order valence-electron chi connectivity index (χ2n) is 4.49. The minimum absolute atomic E-state index is 0.0845. The van der Waals surface area contributed by atoms with Crippen LogP contribution in [0.3, 0.4) is 0 Å². The highest BCUT2D eigenvalue weighted by Gasteiger charge is 2.39. The molecule has 1 saturated heterocycles. The molecule has 2 amide bonds. The zero-order chi connectivity index (χ0) is 15.4. The standard InChI is InChI=1S/C14H15NO5S/c1-20-7-6-15-12(16)8-11(13(15)17)21-10-5-3-2-4-9(10)14(18)19/h2-5,11H,6-8H2,1H3,(H,18,19)/t11-/m0/s1. The number of carbonyl (C=O) groups is 3. The third-order valence-corrected chi connectivity index (χ3v) is 4.37. The first-order valence-electron chi connectivity index (χ1n) is 6.36. The summed E-state index contributed by atoms with van der Waals surface area (Å²) in [6, 6.07) is 6.46. The smallest absolute Gasteiger partial charge is 0.336 e. The lowest BCUT2D eigenvalue weighted by Gasteiger charge is -2.14. The molecule has 1 fully saturated rings. The number of thioether (sulfide) groups is 1. The highest BCUT2D eigenvalue weighted by Crippen LogP contribution is 2.33. The van der Waals surface area contributed by atoms with Crippen molar-refractivity contribution in [3.63, 3.8) is 0 Å². The molecule has 0 saturated carbocycles. The topological polar surface area (TPSA) is 83.9 Å². The zero-order valence-electron chi connectivity index (χ0n) is 11.4. The quantitative estimate of drug-likeness (QED) is 0.796. The fourth-order valence-corrected chi connectivity index (χ4v) is 3.26. The van der Waals surface area contributed by atoms with Crippen LogP contribution in [0.15, 0.2) is 29.2 Å². The molecule has 0 aromatic heterocycles. The van der Waals surface area contributed by atoms with Gasteiger partial charge in [-0.2, -0.15) is 0 Å². The minimum Gasteiger partial charge on any atom is -0.478 e. The van der Waals surface area contributed by atoms with Gasteiger partial charge in [0.15, 0.2) is 0 Å². The summed E-state index contributed by atoms with van der Waals surface area (Å²) < 4.78 is 4.87. The monoisotopic (exact) mass is 309 g/mol. The number of methoxy groups -OCH3 is 1. The summed E-state index contributed by atoms with van der Waals surface area (Å²) in [5.41, 5.74) is 0.137. The molecule has 1 aliphatic rings. The van der Waals surface area contributed by atoms with Crippen molar-refractivity contribution in [1.82, 2.24) is 4.90 Å². The summed E-state index contributed by atoms with van der Waals surface area (Å²) in [5, 5.41) is 8.56. The highest BCUT2D eigenvalue weighted by atomic mass is 32.2. The number of ether oxygens (including phenoxy) is 1. The average molecular weight is 309 g/mol. The summed E-state index contributed by atoms with van der Waals surface area (Å²) in [6.45, 7) is 0.520. The van der Waals surface area contributed by atoms with E-state index in [1.165, 1.54) is 18.1 Å². The Morgan fingerprint density at radius 2 is 2.14 bits per heavy atom. The van der Waals surface area contributed by atoms with E-state index in [2.05, 4.69) is 0 Å². The SMILES string of the molecule is COCCN1C(=O)C[C@H](Sc2ccccc2C(=O)O)C1=O. The van der Waals surface area contributed by atoms with Gasteiger partial charge in [0.2, 0.25) is 11.8 Å². The molecule has 0 radical (unpaired) electrons. The fraction of sp³-hybridized carbons (Fsp3) is 0.357. The molecule has 7 heteroatoms. The molecule has 1 N–H and O–H groups in total. The van der Waals surface area contributed by atoms with Crippen LogP contribution in [0.5, 0.6) is 0 Å². The van der Waals surface area contributed by atoms with Crippen molar-refractivity contribution >= 4 is 29.5 Å². The molecular formula is C14H15NO5S. The van der Waals surface area contributed by atoms with Gasteiger partial charge in [-0.1, -0.05) is 12.1 Å². The largest absolute Gasteiger partial charge is 0.478 e. The molecule has 1 aromatic rings. The van der Waals surface area contributed by atoms with E-state index in [1.54, 1.807) is 18.2 Å². The van der Waals surface area contributed by atoms with Crippen LogP contribution in [0, 0.1) is 0 Å². The van der Waals surface area contributed by atoms with Crippen LogP contribution < -0.4 is 0 Å². The first-order valence-corrected chi connectivity index (χ1v) is 7.24. The summed E-state index contributed by atoms with van der Waals surface area (Å²) in [5.74, 6) is -1.59. The van der Waals surface area contributed by atoms with Gasteiger partial charge in [0.05, 0.1) is 24.0 Å². The Bertz CT molecular complexity index is 574. The number of carboxylic acid groups (broad SMARTS) is 1. The molecule has 1 aromatic carbocycles. The maximum Gasteiger partial charge on any atom is 0.336 e. The Labute approximate surface area is 126 Å². The van der Waals surface area contributed by atoms with Crippen molar-refractivity contribution in [2.75, 3.05) is 20.3 Å². The molecule has 2 rings (SSSR count). The maximum atomic E-state index is 12.2. The first kappa shape index (κ1) is 15.5. The lowest BCUT2D eigenvalue weighted by atomic mass is 10.2. The third-order valence-electron chi connectivity index (χ3n) is 3.11. The van der Waals surface area contributed by atoms with Gasteiger partial charge in [-0.05, 0) is 12.1 Å². The molecule has 6 nitrogen and oxygen atoms in total. The number of carboxylic acids is 1. The van der Waals surface area contributed by atoms with E-state index in [0.717, 1.165) is 11.8 Å². The van der Waals surface area contributed by atoms with Crippen LogP contribution in [-0.4, -0.2) is 53.3 Å². The van der Waals surface area contributed by atoms with Gasteiger partial charge >= 0.3 is 5.97 Å². The van der Waals surface area contributed by atoms with Crippen LogP contribution in [-0.2, 0) is 14.3 Å².